The molecule has 0 aliphatic heterocycles. The molecule has 0 atom stereocenters. The number of hydrogen-bond donors (Lipinski definition) is 1. The van der Waals surface area contributed by atoms with E-state index >= 15 is 0 Å². The number of nitrogens with zero attached hydrogens (tertiary/aromatic N) is 2. The van der Waals surface area contributed by atoms with Crippen LogP contribution in [0.3, 0.4) is 0 Å². The van der Waals surface area contributed by atoms with Gasteiger partial charge < -0.3 is 14.1 Å². The number of fused-ring (bicyclic) bond motifs is 2. The fourth-order valence-electron chi connectivity index (χ4n) is 3.18. The van der Waals surface area contributed by atoms with Gasteiger partial charge in [0.15, 0.2) is 0 Å². The molecule has 5 rings (SSSR count). The molecule has 0 amide bonds. The number of para-hydroxylation sites is 3. The van der Waals surface area contributed by atoms with E-state index in [1.54, 1.807) is 7.11 Å². The lowest BCUT2D eigenvalue weighted by Gasteiger charge is -2.03. The van der Waals surface area contributed by atoms with Gasteiger partial charge in [0, 0.05) is 5.39 Å². The summed E-state index contributed by atoms with van der Waals surface area (Å²) in [4.78, 5) is 12.8. The zero-order valence-corrected chi connectivity index (χ0v) is 15.2. The Labute approximate surface area is 161 Å². The summed E-state index contributed by atoms with van der Waals surface area (Å²) < 4.78 is 11.4. The van der Waals surface area contributed by atoms with E-state index in [0.29, 0.717) is 5.55 Å². The molecule has 0 saturated carbocycles. The Morgan fingerprint density at radius 2 is 1.71 bits per heavy atom. The molecule has 5 heteroatoms. The smallest absolute Gasteiger partial charge is 0.230 e. The topological polar surface area (TPSA) is 63.4 Å². The lowest BCUT2D eigenvalue weighted by atomic mass is 10.2. The second-order valence-electron chi connectivity index (χ2n) is 6.42. The fraction of sp³-hybridized carbons (Fsp3) is 0.0435. The van der Waals surface area contributed by atoms with Crippen LogP contribution in [0.4, 0.5) is 5.69 Å². The van der Waals surface area contributed by atoms with Crippen LogP contribution in [-0.4, -0.2) is 17.1 Å². The summed E-state index contributed by atoms with van der Waals surface area (Å²) in [6.45, 7) is 0. The molecule has 3 aromatic carbocycles. The number of benzene rings is 3. The SMILES string of the molecule is COc1ccc(N=c2oc3ccccc3cc2-c2nc3ccccc3[nH]2)cc1. The van der Waals surface area contributed by atoms with Gasteiger partial charge >= 0.3 is 0 Å². The molecule has 0 aliphatic carbocycles. The Balaban J connectivity index is 1.76. The largest absolute Gasteiger partial charge is 0.497 e. The van der Waals surface area contributed by atoms with E-state index in [0.717, 1.165) is 44.8 Å². The number of methoxy groups -OCH3 is 1. The van der Waals surface area contributed by atoms with Crippen LogP contribution in [-0.2, 0) is 0 Å². The number of hydrogen-bond acceptors (Lipinski definition) is 4. The van der Waals surface area contributed by atoms with E-state index < -0.39 is 0 Å². The third kappa shape index (κ3) is 2.93. The van der Waals surface area contributed by atoms with Crippen molar-refractivity contribution in [3.63, 3.8) is 0 Å². The van der Waals surface area contributed by atoms with Crippen molar-refractivity contribution in [2.45, 2.75) is 0 Å². The molecule has 0 bridgehead atoms. The van der Waals surface area contributed by atoms with E-state index in [2.05, 4.69) is 11.1 Å². The van der Waals surface area contributed by atoms with Gasteiger partial charge in [0.1, 0.15) is 17.2 Å². The molecule has 5 nitrogen and oxygen atoms in total. The first-order valence-electron chi connectivity index (χ1n) is 8.97. The molecule has 1 N–H and O–H groups in total. The van der Waals surface area contributed by atoms with Crippen molar-refractivity contribution in [1.29, 1.82) is 0 Å². The fourth-order valence-corrected chi connectivity index (χ4v) is 3.18. The maximum Gasteiger partial charge on any atom is 0.230 e. The van der Waals surface area contributed by atoms with Crippen LogP contribution in [0.25, 0.3) is 33.4 Å². The van der Waals surface area contributed by atoms with Crippen LogP contribution < -0.4 is 10.3 Å². The molecule has 0 radical (unpaired) electrons. The van der Waals surface area contributed by atoms with Gasteiger partial charge in [-0.15, -0.1) is 0 Å². The van der Waals surface area contributed by atoms with Gasteiger partial charge in [0.25, 0.3) is 0 Å². The molecule has 0 saturated heterocycles. The summed E-state index contributed by atoms with van der Waals surface area (Å²) in [5, 5.41) is 0.992. The highest BCUT2D eigenvalue weighted by atomic mass is 16.5. The highest BCUT2D eigenvalue weighted by Gasteiger charge is 2.11. The molecule has 0 spiro atoms. The average molecular weight is 367 g/mol. The van der Waals surface area contributed by atoms with Crippen molar-refractivity contribution in [1.82, 2.24) is 9.97 Å². The standard InChI is InChI=1S/C23H17N3O2/c1-27-17-12-10-16(11-13-17)24-23-18(14-15-6-2-5-9-21(15)28-23)22-25-19-7-3-4-8-20(19)26-22/h2-14H,1H3,(H,25,26). The van der Waals surface area contributed by atoms with Gasteiger partial charge in [0.05, 0.1) is 29.4 Å². The molecule has 0 aliphatic rings. The zero-order valence-electron chi connectivity index (χ0n) is 15.2. The van der Waals surface area contributed by atoms with Crippen LogP contribution >= 0.6 is 0 Å². The molecule has 5 aromatic rings. The molecule has 2 heterocycles. The Morgan fingerprint density at radius 3 is 2.54 bits per heavy atom. The Bertz CT molecular complexity index is 1310. The van der Waals surface area contributed by atoms with Crippen molar-refractivity contribution in [2.75, 3.05) is 7.11 Å². The second kappa shape index (κ2) is 6.70. The number of imidazole rings is 1. The number of aromatic amines is 1. The number of ether oxygens (including phenoxy) is 1. The summed E-state index contributed by atoms with van der Waals surface area (Å²) in [5.41, 5.74) is 4.74. The third-order valence-corrected chi connectivity index (χ3v) is 4.60. The van der Waals surface area contributed by atoms with Crippen LogP contribution in [0.2, 0.25) is 0 Å². The van der Waals surface area contributed by atoms with E-state index in [1.165, 1.54) is 0 Å². The zero-order chi connectivity index (χ0) is 18.9. The molecular weight excluding hydrogens is 350 g/mol. The minimum absolute atomic E-state index is 0.503. The molecule has 136 valence electrons. The van der Waals surface area contributed by atoms with Crippen molar-refractivity contribution < 1.29 is 9.15 Å². The first-order chi connectivity index (χ1) is 13.8. The van der Waals surface area contributed by atoms with Crippen LogP contribution in [0.5, 0.6) is 5.75 Å². The Kier molecular flexibility index (Phi) is 3.91. The summed E-state index contributed by atoms with van der Waals surface area (Å²) in [6, 6.07) is 25.4. The Hall–Kier alpha value is -3.86. The molecule has 2 aromatic heterocycles. The van der Waals surface area contributed by atoms with Gasteiger partial charge in [-0.1, -0.05) is 30.3 Å². The normalized spacial score (nSPS) is 12.0. The third-order valence-electron chi connectivity index (χ3n) is 4.60. The lowest BCUT2D eigenvalue weighted by molar-refractivity contribution is 0.415. The van der Waals surface area contributed by atoms with Crippen molar-refractivity contribution in [3.8, 4) is 17.1 Å². The van der Waals surface area contributed by atoms with E-state index in [1.807, 2.05) is 72.8 Å². The van der Waals surface area contributed by atoms with Crippen LogP contribution in [0.15, 0.2) is 88.3 Å². The average Bonchev–Trinajstić information content (AvgIpc) is 3.18. The van der Waals surface area contributed by atoms with Gasteiger partial charge in [-0.05, 0) is 48.5 Å². The van der Waals surface area contributed by atoms with E-state index in [9.17, 15) is 0 Å². The van der Waals surface area contributed by atoms with Crippen molar-refractivity contribution in [3.05, 3.63) is 84.4 Å². The molecule has 0 unspecified atom stereocenters. The molecule has 0 fully saturated rings. The first kappa shape index (κ1) is 16.3. The highest BCUT2D eigenvalue weighted by Crippen LogP contribution is 2.23. The van der Waals surface area contributed by atoms with E-state index in [-0.39, 0.29) is 0 Å². The second-order valence-corrected chi connectivity index (χ2v) is 6.42. The highest BCUT2D eigenvalue weighted by molar-refractivity contribution is 5.83. The minimum atomic E-state index is 0.503. The number of H-pyrrole nitrogens is 1. The number of rotatable bonds is 3. The van der Waals surface area contributed by atoms with Gasteiger partial charge in [0.2, 0.25) is 5.55 Å². The Morgan fingerprint density at radius 1 is 0.929 bits per heavy atom. The molecule has 28 heavy (non-hydrogen) atoms. The lowest BCUT2D eigenvalue weighted by Crippen LogP contribution is -2.06. The maximum absolute atomic E-state index is 6.15. The summed E-state index contributed by atoms with van der Waals surface area (Å²) in [6.07, 6.45) is 0. The maximum atomic E-state index is 6.15. The monoisotopic (exact) mass is 367 g/mol. The van der Waals surface area contributed by atoms with Gasteiger partial charge in [-0.3, -0.25) is 0 Å². The van der Waals surface area contributed by atoms with Gasteiger partial charge in [-0.25, -0.2) is 9.98 Å². The first-order valence-corrected chi connectivity index (χ1v) is 8.97. The number of aromatic nitrogens is 2. The summed E-state index contributed by atoms with van der Waals surface area (Å²) >= 11 is 0. The van der Waals surface area contributed by atoms with Crippen molar-refractivity contribution >= 4 is 27.7 Å². The predicted octanol–water partition coefficient (Wildman–Crippen LogP) is 5.22. The van der Waals surface area contributed by atoms with Gasteiger partial charge in [-0.2, -0.15) is 0 Å². The van der Waals surface area contributed by atoms with Crippen LogP contribution in [0, 0.1) is 0 Å². The van der Waals surface area contributed by atoms with E-state index in [4.69, 9.17) is 19.1 Å². The quantitative estimate of drug-likeness (QED) is 0.476. The number of nitrogens with one attached hydrogen (secondary N) is 1. The predicted molar refractivity (Wildman–Crippen MR) is 110 cm³/mol. The van der Waals surface area contributed by atoms with Crippen LogP contribution in [0.1, 0.15) is 0 Å². The summed E-state index contributed by atoms with van der Waals surface area (Å²) in [7, 11) is 1.64. The molecular formula is C23H17N3O2. The minimum Gasteiger partial charge on any atom is -0.497 e. The summed E-state index contributed by atoms with van der Waals surface area (Å²) in [5.74, 6) is 1.51. The van der Waals surface area contributed by atoms with Crippen molar-refractivity contribution in [2.24, 2.45) is 4.99 Å².